The van der Waals surface area contributed by atoms with Gasteiger partial charge in [0.15, 0.2) is 0 Å². The maximum absolute atomic E-state index is 12.9. The number of nitrogens with zero attached hydrogens (tertiary/aromatic N) is 2. The summed E-state index contributed by atoms with van der Waals surface area (Å²) in [5, 5.41) is 0. The van der Waals surface area contributed by atoms with Crippen molar-refractivity contribution in [3.05, 3.63) is 48.3 Å². The van der Waals surface area contributed by atoms with Gasteiger partial charge >= 0.3 is 0 Å². The molecule has 114 valence electrons. The van der Waals surface area contributed by atoms with E-state index in [9.17, 15) is 4.39 Å². The molecule has 2 saturated heterocycles. The van der Waals surface area contributed by atoms with Crippen LogP contribution >= 0.6 is 0 Å². The fourth-order valence-electron chi connectivity index (χ4n) is 3.38. The third kappa shape index (κ3) is 3.70. The van der Waals surface area contributed by atoms with Crippen LogP contribution < -0.4 is 0 Å². The second kappa shape index (κ2) is 6.69. The van der Waals surface area contributed by atoms with Gasteiger partial charge in [-0.1, -0.05) is 18.2 Å². The first-order valence-corrected chi connectivity index (χ1v) is 7.68. The number of benzene rings is 1. The largest absolute Gasteiger partial charge is 0.373 e. The minimum absolute atomic E-state index is 0.165. The van der Waals surface area contributed by atoms with Gasteiger partial charge in [0.25, 0.3) is 0 Å². The molecule has 3 nitrogen and oxygen atoms in total. The fraction of sp³-hybridized carbons (Fsp3) is 0.529. The molecule has 0 aromatic heterocycles. The first kappa shape index (κ1) is 14.7. The van der Waals surface area contributed by atoms with Crippen molar-refractivity contribution in [3.8, 4) is 0 Å². The Morgan fingerprint density at radius 3 is 2.81 bits per heavy atom. The first-order chi connectivity index (χ1) is 10.2. The Hall–Kier alpha value is -1.23. The Kier molecular flexibility index (Phi) is 4.68. The van der Waals surface area contributed by atoms with Crippen molar-refractivity contribution in [1.29, 1.82) is 0 Å². The van der Waals surface area contributed by atoms with Gasteiger partial charge in [0, 0.05) is 38.8 Å². The molecule has 0 radical (unpaired) electrons. The van der Waals surface area contributed by atoms with E-state index in [0.29, 0.717) is 18.8 Å². The number of hydrogen-bond acceptors (Lipinski definition) is 3. The van der Waals surface area contributed by atoms with Gasteiger partial charge in [0.1, 0.15) is 5.82 Å². The van der Waals surface area contributed by atoms with E-state index in [1.165, 1.54) is 5.56 Å². The minimum Gasteiger partial charge on any atom is -0.373 e. The second-order valence-electron chi connectivity index (χ2n) is 5.99. The summed E-state index contributed by atoms with van der Waals surface area (Å²) in [7, 11) is 0. The maximum Gasteiger partial charge on any atom is 0.123 e. The van der Waals surface area contributed by atoms with Crippen LogP contribution in [0.3, 0.4) is 0 Å². The molecule has 1 aromatic carbocycles. The Morgan fingerprint density at radius 1 is 1.24 bits per heavy atom. The molecule has 0 bridgehead atoms. The van der Waals surface area contributed by atoms with Crippen LogP contribution in [0.4, 0.5) is 4.39 Å². The molecule has 21 heavy (non-hydrogen) atoms. The third-order valence-corrected chi connectivity index (χ3v) is 4.43. The molecule has 3 rings (SSSR count). The average molecular weight is 290 g/mol. The summed E-state index contributed by atoms with van der Waals surface area (Å²) in [6.45, 7) is 9.54. The Morgan fingerprint density at radius 2 is 2.05 bits per heavy atom. The van der Waals surface area contributed by atoms with Crippen molar-refractivity contribution in [3.63, 3.8) is 0 Å². The van der Waals surface area contributed by atoms with E-state index in [1.54, 1.807) is 12.1 Å². The second-order valence-corrected chi connectivity index (χ2v) is 5.99. The van der Waals surface area contributed by atoms with Crippen LogP contribution in [0.15, 0.2) is 36.9 Å². The summed E-state index contributed by atoms with van der Waals surface area (Å²) in [6, 6.07) is 7.44. The fourth-order valence-corrected chi connectivity index (χ4v) is 3.38. The molecule has 2 fully saturated rings. The summed E-state index contributed by atoms with van der Waals surface area (Å²) in [5.41, 5.74) is 1.18. The lowest BCUT2D eigenvalue weighted by Gasteiger charge is -2.37. The van der Waals surface area contributed by atoms with Crippen molar-refractivity contribution in [2.45, 2.75) is 25.1 Å². The lowest BCUT2D eigenvalue weighted by atomic mass is 10.1. The van der Waals surface area contributed by atoms with Crippen molar-refractivity contribution in [2.24, 2.45) is 0 Å². The molecule has 2 atom stereocenters. The molecule has 0 saturated carbocycles. The van der Waals surface area contributed by atoms with Crippen molar-refractivity contribution in [2.75, 3.05) is 32.8 Å². The molecule has 0 aliphatic carbocycles. The van der Waals surface area contributed by atoms with Crippen LogP contribution in [0.2, 0.25) is 0 Å². The molecular weight excluding hydrogens is 267 g/mol. The molecular formula is C17H23FN2O. The van der Waals surface area contributed by atoms with Gasteiger partial charge in [0.05, 0.1) is 12.7 Å². The van der Waals surface area contributed by atoms with Crippen molar-refractivity contribution in [1.82, 2.24) is 9.80 Å². The van der Waals surface area contributed by atoms with Gasteiger partial charge < -0.3 is 4.74 Å². The molecule has 2 heterocycles. The summed E-state index contributed by atoms with van der Waals surface area (Å²) >= 11 is 0. The van der Waals surface area contributed by atoms with E-state index < -0.39 is 0 Å². The normalized spacial score (nSPS) is 26.7. The van der Waals surface area contributed by atoms with Crippen LogP contribution in [0.25, 0.3) is 0 Å². The van der Waals surface area contributed by atoms with Gasteiger partial charge in [-0.3, -0.25) is 9.80 Å². The first-order valence-electron chi connectivity index (χ1n) is 7.68. The van der Waals surface area contributed by atoms with E-state index in [0.717, 1.165) is 39.1 Å². The molecule has 0 amide bonds. The van der Waals surface area contributed by atoms with Gasteiger partial charge in [-0.2, -0.15) is 0 Å². The number of piperazine rings is 1. The van der Waals surface area contributed by atoms with E-state index in [4.69, 9.17) is 4.74 Å². The van der Waals surface area contributed by atoms with Gasteiger partial charge in [-0.25, -0.2) is 4.39 Å². The number of hydrogen-bond donors (Lipinski definition) is 0. The Bertz CT molecular complexity index is 476. The summed E-state index contributed by atoms with van der Waals surface area (Å²) in [5.74, 6) is -0.165. The van der Waals surface area contributed by atoms with E-state index in [-0.39, 0.29) is 5.82 Å². The van der Waals surface area contributed by atoms with E-state index in [1.807, 2.05) is 18.2 Å². The predicted octanol–water partition coefficient (Wildman–Crippen LogP) is 2.29. The summed E-state index contributed by atoms with van der Waals surface area (Å²) in [4.78, 5) is 5.00. The lowest BCUT2D eigenvalue weighted by Crippen LogP contribution is -2.49. The highest BCUT2D eigenvalue weighted by atomic mass is 19.1. The van der Waals surface area contributed by atoms with E-state index >= 15 is 0 Å². The van der Waals surface area contributed by atoms with Crippen LogP contribution in [-0.4, -0.2) is 54.7 Å². The molecule has 2 aliphatic heterocycles. The summed E-state index contributed by atoms with van der Waals surface area (Å²) in [6.07, 6.45) is 3.27. The molecule has 2 aliphatic rings. The van der Waals surface area contributed by atoms with Crippen LogP contribution in [0.1, 0.15) is 12.0 Å². The topological polar surface area (TPSA) is 15.7 Å². The van der Waals surface area contributed by atoms with Crippen LogP contribution in [0, 0.1) is 5.82 Å². The number of ether oxygens (including phenoxy) is 1. The van der Waals surface area contributed by atoms with Gasteiger partial charge in [0.2, 0.25) is 0 Å². The molecule has 2 unspecified atom stereocenters. The van der Waals surface area contributed by atoms with E-state index in [2.05, 4.69) is 16.4 Å². The molecule has 0 N–H and O–H groups in total. The summed E-state index contributed by atoms with van der Waals surface area (Å²) < 4.78 is 18.7. The highest BCUT2D eigenvalue weighted by Gasteiger charge is 2.36. The van der Waals surface area contributed by atoms with Crippen molar-refractivity contribution < 1.29 is 9.13 Å². The molecule has 4 heteroatoms. The highest BCUT2D eigenvalue weighted by molar-refractivity contribution is 5.16. The zero-order chi connectivity index (χ0) is 14.7. The standard InChI is InChI=1S/C17H23FN2O/c1-2-9-21-17-10-16-12-19(7-8-20(16)13-17)11-14-3-5-15(18)6-4-14/h2-6,16-17H,1,7-13H2. The van der Waals surface area contributed by atoms with Crippen molar-refractivity contribution >= 4 is 0 Å². The Labute approximate surface area is 126 Å². The third-order valence-electron chi connectivity index (χ3n) is 4.43. The number of fused-ring (bicyclic) bond motifs is 1. The monoisotopic (exact) mass is 290 g/mol. The number of rotatable bonds is 5. The zero-order valence-electron chi connectivity index (χ0n) is 12.4. The van der Waals surface area contributed by atoms with Crippen LogP contribution in [-0.2, 0) is 11.3 Å². The maximum atomic E-state index is 12.9. The highest BCUT2D eigenvalue weighted by Crippen LogP contribution is 2.25. The predicted molar refractivity (Wildman–Crippen MR) is 81.6 cm³/mol. The quantitative estimate of drug-likeness (QED) is 0.774. The smallest absolute Gasteiger partial charge is 0.123 e. The average Bonchev–Trinajstić information content (AvgIpc) is 2.89. The minimum atomic E-state index is -0.165. The molecule has 1 aromatic rings. The zero-order valence-corrected chi connectivity index (χ0v) is 12.4. The number of halogens is 1. The SMILES string of the molecule is C=CCOC1CC2CN(Cc3ccc(F)cc3)CCN2C1. The Balaban J connectivity index is 1.52. The molecule has 0 spiro atoms. The van der Waals surface area contributed by atoms with Gasteiger partial charge in [-0.05, 0) is 24.1 Å². The van der Waals surface area contributed by atoms with Gasteiger partial charge in [-0.15, -0.1) is 6.58 Å². The lowest BCUT2D eigenvalue weighted by molar-refractivity contribution is 0.0758. The van der Waals surface area contributed by atoms with Crippen LogP contribution in [0.5, 0.6) is 0 Å².